The first-order chi connectivity index (χ1) is 14.9. The second-order valence-corrected chi connectivity index (χ2v) is 10.8. The molecule has 162 valence electrons. The number of benzene rings is 2. The predicted molar refractivity (Wildman–Crippen MR) is 124 cm³/mol. The summed E-state index contributed by atoms with van der Waals surface area (Å²) in [6.07, 6.45) is 2.22. The summed E-state index contributed by atoms with van der Waals surface area (Å²) in [6, 6.07) is 19.0. The molecule has 2 heterocycles. The number of hydrogen-bond donors (Lipinski definition) is 1. The van der Waals surface area contributed by atoms with Gasteiger partial charge in [-0.15, -0.1) is 0 Å². The molecule has 2 atom stereocenters. The Balaban J connectivity index is 1.62. The van der Waals surface area contributed by atoms with Crippen LogP contribution < -0.4 is 4.72 Å². The van der Waals surface area contributed by atoms with E-state index in [2.05, 4.69) is 4.72 Å². The minimum Gasteiger partial charge on any atom is -0.260 e. The zero-order chi connectivity index (χ0) is 21.8. The molecular formula is C23H25N3O3S2. The molecule has 31 heavy (non-hydrogen) atoms. The van der Waals surface area contributed by atoms with Crippen LogP contribution in [-0.2, 0) is 39.5 Å². The number of nitrogens with zero attached hydrogens (tertiary/aromatic N) is 2. The van der Waals surface area contributed by atoms with Crippen molar-refractivity contribution in [1.82, 2.24) is 14.5 Å². The van der Waals surface area contributed by atoms with Crippen LogP contribution in [0, 0.1) is 0 Å². The highest BCUT2D eigenvalue weighted by Crippen LogP contribution is 2.24. The van der Waals surface area contributed by atoms with Gasteiger partial charge in [-0.25, -0.2) is 13.1 Å². The van der Waals surface area contributed by atoms with Crippen LogP contribution in [0.3, 0.4) is 0 Å². The van der Waals surface area contributed by atoms with Crippen LogP contribution in [0.2, 0.25) is 0 Å². The number of aromatic nitrogens is 2. The molecule has 2 aromatic carbocycles. The molecular weight excluding hydrogens is 430 g/mol. The summed E-state index contributed by atoms with van der Waals surface area (Å²) < 4.78 is 42.1. The summed E-state index contributed by atoms with van der Waals surface area (Å²) in [5, 5.41) is 5.89. The third-order valence-electron chi connectivity index (χ3n) is 5.27. The van der Waals surface area contributed by atoms with E-state index in [0.29, 0.717) is 30.2 Å². The largest absolute Gasteiger partial charge is 0.260 e. The van der Waals surface area contributed by atoms with Crippen molar-refractivity contribution in [3.63, 3.8) is 0 Å². The zero-order valence-corrected chi connectivity index (χ0v) is 18.9. The maximum absolute atomic E-state index is 12.7. The Hall–Kier alpha value is -2.55. The Labute approximate surface area is 185 Å². The van der Waals surface area contributed by atoms with Crippen LogP contribution in [0.1, 0.15) is 41.0 Å². The second-order valence-electron chi connectivity index (χ2n) is 7.59. The Kier molecular flexibility index (Phi) is 6.50. The van der Waals surface area contributed by atoms with Gasteiger partial charge in [0.2, 0.25) is 10.0 Å². The van der Waals surface area contributed by atoms with Crippen molar-refractivity contribution >= 4 is 26.9 Å². The first-order valence-electron chi connectivity index (χ1n) is 10.1. The number of fused-ring (bicyclic) bond motifs is 1. The van der Waals surface area contributed by atoms with Crippen molar-refractivity contribution in [1.29, 1.82) is 0 Å². The summed E-state index contributed by atoms with van der Waals surface area (Å²) >= 11 is 0. The minimum absolute atomic E-state index is 0.355. The molecule has 0 fully saturated rings. The van der Waals surface area contributed by atoms with E-state index in [1.165, 1.54) is 5.41 Å². The van der Waals surface area contributed by atoms with Crippen LogP contribution in [0.15, 0.2) is 66.1 Å². The molecule has 1 N–H and O–H groups in total. The van der Waals surface area contributed by atoms with Crippen molar-refractivity contribution in [2.24, 2.45) is 0 Å². The monoisotopic (exact) mass is 455 g/mol. The summed E-state index contributed by atoms with van der Waals surface area (Å²) in [6.45, 7) is 2.33. The van der Waals surface area contributed by atoms with Crippen molar-refractivity contribution in [2.45, 2.75) is 31.7 Å². The van der Waals surface area contributed by atoms with E-state index in [4.69, 9.17) is 5.10 Å². The molecule has 0 radical (unpaired) electrons. The van der Waals surface area contributed by atoms with Crippen LogP contribution in [0.4, 0.5) is 0 Å². The minimum atomic E-state index is -3.68. The van der Waals surface area contributed by atoms with Gasteiger partial charge >= 0.3 is 0 Å². The molecule has 1 aromatic heterocycles. The molecule has 3 aromatic rings. The van der Waals surface area contributed by atoms with Crippen LogP contribution >= 0.6 is 0 Å². The fourth-order valence-corrected chi connectivity index (χ4v) is 5.90. The van der Waals surface area contributed by atoms with Gasteiger partial charge in [0.15, 0.2) is 0 Å². The first kappa shape index (κ1) is 21.7. The molecule has 0 aliphatic carbocycles. The van der Waals surface area contributed by atoms with Gasteiger partial charge in [0.1, 0.15) is 0 Å². The number of rotatable bonds is 7. The number of sulfonamides is 1. The number of hydrogen-bond acceptors (Lipinski definition) is 4. The van der Waals surface area contributed by atoms with Gasteiger partial charge < -0.3 is 0 Å². The van der Waals surface area contributed by atoms with Crippen molar-refractivity contribution < 1.29 is 12.6 Å². The fourth-order valence-electron chi connectivity index (χ4n) is 3.68. The normalized spacial score (nSPS) is 17.5. The molecule has 2 unspecified atom stereocenters. The SMILES string of the molecule is CC(NS(=O)(=O)C=Cc1c2c(nn1Cc1ccccc1)CCS(=O)C2)c1ccccc1. The highest BCUT2D eigenvalue weighted by atomic mass is 32.2. The summed E-state index contributed by atoms with van der Waals surface area (Å²) in [5.74, 6) is 0.991. The molecule has 8 heteroatoms. The predicted octanol–water partition coefficient (Wildman–Crippen LogP) is 3.39. The summed E-state index contributed by atoms with van der Waals surface area (Å²) in [4.78, 5) is 0. The van der Waals surface area contributed by atoms with Crippen molar-refractivity contribution in [3.8, 4) is 0 Å². The van der Waals surface area contributed by atoms with Crippen LogP contribution in [-0.4, -0.2) is 28.2 Å². The van der Waals surface area contributed by atoms with Crippen molar-refractivity contribution in [3.05, 3.63) is 94.1 Å². The average molecular weight is 456 g/mol. The Bertz CT molecular complexity index is 1200. The van der Waals surface area contributed by atoms with E-state index in [9.17, 15) is 12.6 Å². The van der Waals surface area contributed by atoms with E-state index >= 15 is 0 Å². The smallest absolute Gasteiger partial charge is 0.234 e. The van der Waals surface area contributed by atoms with E-state index in [1.807, 2.05) is 72.3 Å². The Morgan fingerprint density at radius 1 is 1.13 bits per heavy atom. The standard InChI is InChI=1S/C23H25N3O3S2/c1-18(20-10-6-3-7-11-20)25-31(28,29)15-13-23-21-17-30(27)14-12-22(21)24-26(23)16-19-8-4-2-5-9-19/h2-11,13,15,18,25H,12,14,16-17H2,1H3. The number of aryl methyl sites for hydroxylation is 1. The fraction of sp³-hybridized carbons (Fsp3) is 0.261. The lowest BCUT2D eigenvalue weighted by molar-refractivity contribution is 0.576. The second kappa shape index (κ2) is 9.30. The molecule has 0 amide bonds. The Morgan fingerprint density at radius 3 is 2.52 bits per heavy atom. The van der Waals surface area contributed by atoms with Gasteiger partial charge in [-0.1, -0.05) is 60.7 Å². The lowest BCUT2D eigenvalue weighted by Crippen LogP contribution is -2.24. The lowest BCUT2D eigenvalue weighted by Gasteiger charge is -2.13. The molecule has 1 aliphatic rings. The molecule has 0 saturated carbocycles. The molecule has 6 nitrogen and oxygen atoms in total. The zero-order valence-electron chi connectivity index (χ0n) is 17.3. The topological polar surface area (TPSA) is 81.1 Å². The molecule has 4 rings (SSSR count). The van der Waals surface area contributed by atoms with Gasteiger partial charge in [0.05, 0.1) is 23.7 Å². The number of nitrogens with one attached hydrogen (secondary N) is 1. The summed E-state index contributed by atoms with van der Waals surface area (Å²) in [5.41, 5.74) is 4.43. The molecule has 0 saturated heterocycles. The third kappa shape index (κ3) is 5.39. The highest BCUT2D eigenvalue weighted by molar-refractivity contribution is 7.92. The summed E-state index contributed by atoms with van der Waals surface area (Å²) in [7, 11) is -4.64. The average Bonchev–Trinajstić information content (AvgIpc) is 3.09. The first-order valence-corrected chi connectivity index (χ1v) is 13.2. The van der Waals surface area contributed by atoms with Gasteiger partial charge in [0, 0.05) is 40.0 Å². The van der Waals surface area contributed by atoms with Gasteiger partial charge in [0.25, 0.3) is 0 Å². The van der Waals surface area contributed by atoms with Gasteiger partial charge in [-0.05, 0) is 24.1 Å². The third-order valence-corrected chi connectivity index (χ3v) is 7.72. The Morgan fingerprint density at radius 2 is 1.81 bits per heavy atom. The molecule has 0 bridgehead atoms. The lowest BCUT2D eigenvalue weighted by atomic mass is 10.1. The molecule has 1 aliphatic heterocycles. The maximum Gasteiger partial charge on any atom is 0.234 e. The van der Waals surface area contributed by atoms with E-state index in [1.54, 1.807) is 6.08 Å². The van der Waals surface area contributed by atoms with Gasteiger partial charge in [-0.3, -0.25) is 8.89 Å². The van der Waals surface area contributed by atoms with E-state index in [-0.39, 0.29) is 6.04 Å². The van der Waals surface area contributed by atoms with Gasteiger partial charge in [-0.2, -0.15) is 5.10 Å². The van der Waals surface area contributed by atoms with E-state index in [0.717, 1.165) is 22.4 Å². The highest BCUT2D eigenvalue weighted by Gasteiger charge is 2.23. The maximum atomic E-state index is 12.7. The quantitative estimate of drug-likeness (QED) is 0.592. The van der Waals surface area contributed by atoms with Crippen LogP contribution in [0.25, 0.3) is 6.08 Å². The van der Waals surface area contributed by atoms with Crippen LogP contribution in [0.5, 0.6) is 0 Å². The van der Waals surface area contributed by atoms with Crippen molar-refractivity contribution in [2.75, 3.05) is 5.75 Å². The van der Waals surface area contributed by atoms with E-state index < -0.39 is 20.8 Å². The molecule has 0 spiro atoms.